The van der Waals surface area contributed by atoms with E-state index in [1.54, 1.807) is 25.6 Å². The average molecular weight is 522 g/mol. The van der Waals surface area contributed by atoms with Gasteiger partial charge in [0.05, 0.1) is 6.04 Å². The normalized spacial score (nSPS) is 15.3. The largest absolute Gasteiger partial charge is 0.480 e. The highest BCUT2D eigenvalue weighted by atomic mass is 32.2. The molecule has 0 saturated heterocycles. The number of carboxylic acid groups (broad SMARTS) is 1. The first-order chi connectivity index (χ1) is 16.0. The molecule has 0 aliphatic carbocycles. The van der Waals surface area contributed by atoms with Crippen molar-refractivity contribution in [1.29, 1.82) is 0 Å². The molecular weight excluding hydrogens is 482 g/mol. The lowest BCUT2D eigenvalue weighted by Gasteiger charge is -2.26. The summed E-state index contributed by atoms with van der Waals surface area (Å²) in [6.07, 6.45) is 4.69. The van der Waals surface area contributed by atoms with Crippen molar-refractivity contribution >= 4 is 53.1 Å². The summed E-state index contributed by atoms with van der Waals surface area (Å²) in [7, 11) is 0. The highest BCUT2D eigenvalue weighted by Gasteiger charge is 2.32. The number of rotatable bonds is 18. The number of thioether (sulfide) groups is 2. The first-order valence-electron chi connectivity index (χ1n) is 11.1. The minimum absolute atomic E-state index is 0.115. The van der Waals surface area contributed by atoms with E-state index in [2.05, 4.69) is 16.0 Å². The van der Waals surface area contributed by atoms with E-state index in [4.69, 9.17) is 11.5 Å². The Hall–Kier alpha value is -1.99. The average Bonchev–Trinajstić information content (AvgIpc) is 2.79. The summed E-state index contributed by atoms with van der Waals surface area (Å²) < 4.78 is 0. The number of carbonyl (C=O) groups excluding carboxylic acids is 4. The van der Waals surface area contributed by atoms with Gasteiger partial charge in [-0.1, -0.05) is 20.3 Å². The third-order valence-electron chi connectivity index (χ3n) is 5.30. The van der Waals surface area contributed by atoms with Crippen molar-refractivity contribution in [3.8, 4) is 0 Å². The van der Waals surface area contributed by atoms with Gasteiger partial charge in [-0.2, -0.15) is 23.5 Å². The van der Waals surface area contributed by atoms with Crippen molar-refractivity contribution in [3.63, 3.8) is 0 Å². The number of carbonyl (C=O) groups is 5. The minimum Gasteiger partial charge on any atom is -0.480 e. The summed E-state index contributed by atoms with van der Waals surface area (Å²) in [5.41, 5.74) is 11.1. The van der Waals surface area contributed by atoms with Crippen molar-refractivity contribution in [2.75, 3.05) is 24.0 Å². The van der Waals surface area contributed by atoms with Crippen LogP contribution in [0.5, 0.6) is 0 Å². The van der Waals surface area contributed by atoms with Gasteiger partial charge in [-0.15, -0.1) is 0 Å². The van der Waals surface area contributed by atoms with Crippen LogP contribution in [-0.4, -0.2) is 82.9 Å². The molecule has 0 heterocycles. The molecule has 0 saturated carbocycles. The van der Waals surface area contributed by atoms with E-state index < -0.39 is 53.8 Å². The maximum atomic E-state index is 13.0. The number of amides is 4. The maximum absolute atomic E-state index is 13.0. The second-order valence-corrected chi connectivity index (χ2v) is 9.98. The Balaban J connectivity index is 5.53. The van der Waals surface area contributed by atoms with Crippen molar-refractivity contribution in [2.45, 2.75) is 70.1 Å². The molecule has 0 aromatic carbocycles. The van der Waals surface area contributed by atoms with Gasteiger partial charge in [0, 0.05) is 6.42 Å². The molecule has 5 unspecified atom stereocenters. The van der Waals surface area contributed by atoms with Crippen LogP contribution in [0.3, 0.4) is 0 Å². The molecule has 0 fully saturated rings. The quantitative estimate of drug-likeness (QED) is 0.140. The Morgan fingerprint density at radius 3 is 1.85 bits per heavy atom. The van der Waals surface area contributed by atoms with Crippen LogP contribution in [0.25, 0.3) is 0 Å². The molecule has 8 N–H and O–H groups in total. The molecule has 0 spiro atoms. The predicted molar refractivity (Wildman–Crippen MR) is 135 cm³/mol. The lowest BCUT2D eigenvalue weighted by atomic mass is 9.98. The van der Waals surface area contributed by atoms with Crippen molar-refractivity contribution in [2.24, 2.45) is 17.4 Å². The van der Waals surface area contributed by atoms with Crippen molar-refractivity contribution < 1.29 is 29.1 Å². The highest BCUT2D eigenvalue weighted by Crippen LogP contribution is 2.10. The van der Waals surface area contributed by atoms with Crippen LogP contribution in [0.4, 0.5) is 0 Å². The molecule has 0 aliphatic heterocycles. The number of carboxylic acids is 1. The zero-order valence-corrected chi connectivity index (χ0v) is 21.9. The molecule has 11 nitrogen and oxygen atoms in total. The predicted octanol–water partition coefficient (Wildman–Crippen LogP) is -0.329. The molecule has 13 heteroatoms. The van der Waals surface area contributed by atoms with Crippen LogP contribution >= 0.6 is 23.5 Å². The summed E-state index contributed by atoms with van der Waals surface area (Å²) in [4.78, 5) is 61.2. The second-order valence-electron chi connectivity index (χ2n) is 8.01. The van der Waals surface area contributed by atoms with Gasteiger partial charge in [0.25, 0.3) is 0 Å². The Morgan fingerprint density at radius 2 is 1.35 bits per heavy atom. The topological polar surface area (TPSA) is 194 Å². The molecule has 0 aliphatic rings. The van der Waals surface area contributed by atoms with Crippen LogP contribution < -0.4 is 27.4 Å². The number of hydrogen-bond acceptors (Lipinski definition) is 8. The SMILES string of the molecule is CCC(C)C(NC(=O)C(CCC(N)=O)NC(=O)C(CCSC)NC(=O)C(N)CCSC)C(=O)O. The lowest BCUT2D eigenvalue weighted by molar-refractivity contribution is -0.144. The van der Waals surface area contributed by atoms with Gasteiger partial charge in [0.15, 0.2) is 0 Å². The Labute approximate surface area is 209 Å². The molecule has 0 radical (unpaired) electrons. The second kappa shape index (κ2) is 17.4. The fraction of sp³-hybridized carbons (Fsp3) is 0.762. The zero-order chi connectivity index (χ0) is 26.3. The molecule has 34 heavy (non-hydrogen) atoms. The maximum Gasteiger partial charge on any atom is 0.326 e. The van der Waals surface area contributed by atoms with Gasteiger partial charge in [0.2, 0.25) is 23.6 Å². The smallest absolute Gasteiger partial charge is 0.326 e. The van der Waals surface area contributed by atoms with E-state index in [-0.39, 0.29) is 18.8 Å². The van der Waals surface area contributed by atoms with Gasteiger partial charge >= 0.3 is 5.97 Å². The van der Waals surface area contributed by atoms with E-state index >= 15 is 0 Å². The standard InChI is InChI=1S/C21H39N5O6S2/c1-5-12(2)17(21(31)32)26-20(30)14(6-7-16(23)27)25-19(29)15(9-11-34-4)24-18(28)13(22)8-10-33-3/h12-15,17H,5-11,22H2,1-4H3,(H2,23,27)(H,24,28)(H,25,29)(H,26,30)(H,31,32). The minimum atomic E-state index is -1.20. The summed E-state index contributed by atoms with van der Waals surface area (Å²) in [5, 5.41) is 17.1. The van der Waals surface area contributed by atoms with Gasteiger partial charge in [0.1, 0.15) is 18.1 Å². The third-order valence-corrected chi connectivity index (χ3v) is 6.59. The number of primary amides is 1. The Morgan fingerprint density at radius 1 is 0.853 bits per heavy atom. The van der Waals surface area contributed by atoms with E-state index in [1.165, 1.54) is 11.8 Å². The molecule has 4 amide bonds. The fourth-order valence-corrected chi connectivity index (χ4v) is 3.88. The molecule has 196 valence electrons. The highest BCUT2D eigenvalue weighted by molar-refractivity contribution is 7.98. The summed E-state index contributed by atoms with van der Waals surface area (Å²) >= 11 is 3.03. The van der Waals surface area contributed by atoms with E-state index in [9.17, 15) is 29.1 Å². The van der Waals surface area contributed by atoms with Crippen molar-refractivity contribution in [3.05, 3.63) is 0 Å². The number of nitrogens with one attached hydrogen (secondary N) is 3. The number of hydrogen-bond donors (Lipinski definition) is 6. The first-order valence-corrected chi connectivity index (χ1v) is 13.9. The van der Waals surface area contributed by atoms with Crippen LogP contribution in [0, 0.1) is 5.92 Å². The van der Waals surface area contributed by atoms with Crippen LogP contribution in [-0.2, 0) is 24.0 Å². The molecule has 0 rings (SSSR count). The molecule has 0 aromatic rings. The van der Waals surface area contributed by atoms with Gasteiger partial charge in [-0.25, -0.2) is 4.79 Å². The summed E-state index contributed by atoms with van der Waals surface area (Å²) in [6.45, 7) is 3.48. The van der Waals surface area contributed by atoms with E-state index in [0.717, 1.165) is 0 Å². The monoisotopic (exact) mass is 521 g/mol. The number of aliphatic carboxylic acids is 1. The lowest BCUT2D eigenvalue weighted by Crippen LogP contribution is -2.58. The first kappa shape index (κ1) is 32.0. The van der Waals surface area contributed by atoms with Gasteiger partial charge < -0.3 is 32.5 Å². The molecule has 0 aromatic heterocycles. The van der Waals surface area contributed by atoms with Crippen LogP contribution in [0.2, 0.25) is 0 Å². The molecular formula is C21H39N5O6S2. The summed E-state index contributed by atoms with van der Waals surface area (Å²) in [6, 6.07) is -4.09. The summed E-state index contributed by atoms with van der Waals surface area (Å²) in [5.74, 6) is -2.82. The van der Waals surface area contributed by atoms with Crippen LogP contribution in [0.15, 0.2) is 0 Å². The van der Waals surface area contributed by atoms with E-state index in [1.807, 2.05) is 12.5 Å². The van der Waals surface area contributed by atoms with Crippen LogP contribution in [0.1, 0.15) is 46.0 Å². The third kappa shape index (κ3) is 12.5. The Bertz CT molecular complexity index is 697. The fourth-order valence-electron chi connectivity index (χ4n) is 2.92. The zero-order valence-electron chi connectivity index (χ0n) is 20.3. The van der Waals surface area contributed by atoms with Gasteiger partial charge in [-0.05, 0) is 49.2 Å². The van der Waals surface area contributed by atoms with Gasteiger partial charge in [-0.3, -0.25) is 19.2 Å². The number of nitrogens with two attached hydrogens (primary N) is 2. The van der Waals surface area contributed by atoms with Crippen molar-refractivity contribution in [1.82, 2.24) is 16.0 Å². The molecule has 5 atom stereocenters. The van der Waals surface area contributed by atoms with E-state index in [0.29, 0.717) is 30.8 Å². The molecule has 0 bridgehead atoms. The Kier molecular flexibility index (Phi) is 16.4.